The van der Waals surface area contributed by atoms with E-state index < -0.39 is 0 Å². The SMILES string of the molecule is Cc1ccc2c(c1)[nH]c(=S)n2C1CCCc2sccc21. The first-order chi connectivity index (χ1) is 9.74. The Hall–Kier alpha value is -1.39. The monoisotopic (exact) mass is 300 g/mol. The molecule has 2 heterocycles. The Bertz CT molecular complexity index is 838. The molecular formula is C16H16N2S2. The minimum Gasteiger partial charge on any atom is -0.331 e. The largest absolute Gasteiger partial charge is 0.331 e. The predicted molar refractivity (Wildman–Crippen MR) is 87.3 cm³/mol. The molecule has 1 aromatic carbocycles. The van der Waals surface area contributed by atoms with Crippen LogP contribution < -0.4 is 0 Å². The van der Waals surface area contributed by atoms with Crippen LogP contribution in [0.25, 0.3) is 11.0 Å². The molecule has 0 saturated carbocycles. The molecule has 1 aliphatic rings. The Morgan fingerprint density at radius 1 is 1.35 bits per heavy atom. The first-order valence-corrected chi connectivity index (χ1v) is 8.30. The highest BCUT2D eigenvalue weighted by atomic mass is 32.1. The molecule has 0 spiro atoms. The zero-order valence-corrected chi connectivity index (χ0v) is 13.0. The molecule has 4 rings (SSSR count). The second-order valence-corrected chi connectivity index (χ2v) is 6.92. The standard InChI is InChI=1S/C16H16N2S2/c1-10-5-6-14-12(9-10)17-16(19)18(14)13-3-2-4-15-11(13)7-8-20-15/h5-9,13H,2-4H2,1H3,(H,17,19). The molecule has 0 radical (unpaired) electrons. The molecule has 1 N–H and O–H groups in total. The lowest BCUT2D eigenvalue weighted by Crippen LogP contribution is -2.15. The zero-order valence-electron chi connectivity index (χ0n) is 11.3. The van der Waals surface area contributed by atoms with Gasteiger partial charge in [0, 0.05) is 4.88 Å². The van der Waals surface area contributed by atoms with E-state index in [-0.39, 0.29) is 0 Å². The van der Waals surface area contributed by atoms with Gasteiger partial charge in [-0.05, 0) is 73.1 Å². The van der Waals surface area contributed by atoms with E-state index in [4.69, 9.17) is 12.2 Å². The van der Waals surface area contributed by atoms with Crippen molar-refractivity contribution in [3.8, 4) is 0 Å². The third-order valence-corrected chi connectivity index (χ3v) is 5.50. The average molecular weight is 300 g/mol. The Morgan fingerprint density at radius 3 is 3.15 bits per heavy atom. The van der Waals surface area contributed by atoms with Crippen molar-refractivity contribution in [3.63, 3.8) is 0 Å². The summed E-state index contributed by atoms with van der Waals surface area (Å²) >= 11 is 7.47. The van der Waals surface area contributed by atoms with E-state index in [0.717, 1.165) is 10.3 Å². The number of aromatic nitrogens is 2. The van der Waals surface area contributed by atoms with Gasteiger partial charge >= 0.3 is 0 Å². The van der Waals surface area contributed by atoms with E-state index in [9.17, 15) is 0 Å². The van der Waals surface area contributed by atoms with Crippen molar-refractivity contribution in [2.75, 3.05) is 0 Å². The highest BCUT2D eigenvalue weighted by Crippen LogP contribution is 2.37. The lowest BCUT2D eigenvalue weighted by Gasteiger charge is -2.24. The Labute approximate surface area is 127 Å². The quantitative estimate of drug-likeness (QED) is 0.628. The first kappa shape index (κ1) is 12.4. The van der Waals surface area contributed by atoms with Crippen LogP contribution in [0, 0.1) is 11.7 Å². The van der Waals surface area contributed by atoms with Crippen molar-refractivity contribution >= 4 is 34.6 Å². The smallest absolute Gasteiger partial charge is 0.178 e. The van der Waals surface area contributed by atoms with Crippen molar-refractivity contribution in [1.82, 2.24) is 9.55 Å². The van der Waals surface area contributed by atoms with Gasteiger partial charge < -0.3 is 9.55 Å². The fourth-order valence-electron chi connectivity index (χ4n) is 3.28. The summed E-state index contributed by atoms with van der Waals surface area (Å²) in [6, 6.07) is 9.21. The minimum atomic E-state index is 0.397. The number of thiophene rings is 1. The molecule has 1 atom stereocenters. The Morgan fingerprint density at radius 2 is 2.25 bits per heavy atom. The summed E-state index contributed by atoms with van der Waals surface area (Å²) in [6.45, 7) is 2.12. The van der Waals surface area contributed by atoms with Crippen molar-refractivity contribution < 1.29 is 0 Å². The first-order valence-electron chi connectivity index (χ1n) is 7.01. The van der Waals surface area contributed by atoms with Crippen LogP contribution in [0.15, 0.2) is 29.6 Å². The van der Waals surface area contributed by atoms with E-state index in [1.807, 2.05) is 11.3 Å². The predicted octanol–water partition coefficient (Wildman–Crippen LogP) is 4.99. The van der Waals surface area contributed by atoms with Crippen LogP contribution in [0.3, 0.4) is 0 Å². The van der Waals surface area contributed by atoms with E-state index in [1.165, 1.54) is 40.8 Å². The van der Waals surface area contributed by atoms with Crippen LogP contribution in [-0.4, -0.2) is 9.55 Å². The van der Waals surface area contributed by atoms with Crippen molar-refractivity contribution in [3.05, 3.63) is 50.4 Å². The van der Waals surface area contributed by atoms with Crippen LogP contribution in [0.2, 0.25) is 0 Å². The van der Waals surface area contributed by atoms with Gasteiger partial charge in [-0.25, -0.2) is 0 Å². The summed E-state index contributed by atoms with van der Waals surface area (Å²) in [5.74, 6) is 0. The molecule has 3 aromatic rings. The van der Waals surface area contributed by atoms with Crippen molar-refractivity contribution in [1.29, 1.82) is 0 Å². The Kier molecular flexibility index (Phi) is 2.82. The zero-order chi connectivity index (χ0) is 13.7. The normalized spacial score (nSPS) is 18.4. The molecule has 0 aliphatic heterocycles. The molecule has 4 heteroatoms. The summed E-state index contributed by atoms with van der Waals surface area (Å²) < 4.78 is 3.16. The van der Waals surface area contributed by atoms with Crippen LogP contribution in [0.5, 0.6) is 0 Å². The molecule has 1 aliphatic carbocycles. The molecule has 2 aromatic heterocycles. The number of hydrogen-bond acceptors (Lipinski definition) is 2. The van der Waals surface area contributed by atoms with Gasteiger partial charge in [0.05, 0.1) is 17.1 Å². The lowest BCUT2D eigenvalue weighted by atomic mass is 9.94. The fraction of sp³-hybridized carbons (Fsp3) is 0.312. The number of nitrogens with zero attached hydrogens (tertiary/aromatic N) is 1. The van der Waals surface area contributed by atoms with Crippen molar-refractivity contribution in [2.45, 2.75) is 32.2 Å². The molecule has 0 fully saturated rings. The molecule has 1 unspecified atom stereocenters. The maximum Gasteiger partial charge on any atom is 0.178 e. The summed E-state index contributed by atoms with van der Waals surface area (Å²) in [5.41, 5.74) is 5.11. The second kappa shape index (κ2) is 4.57. The third-order valence-electron chi connectivity index (χ3n) is 4.20. The second-order valence-electron chi connectivity index (χ2n) is 5.53. The Balaban J connectivity index is 1.96. The van der Waals surface area contributed by atoms with Gasteiger partial charge in [-0.1, -0.05) is 6.07 Å². The van der Waals surface area contributed by atoms with E-state index >= 15 is 0 Å². The fourth-order valence-corrected chi connectivity index (χ4v) is 4.60. The van der Waals surface area contributed by atoms with Gasteiger partial charge in [0.15, 0.2) is 4.77 Å². The van der Waals surface area contributed by atoms with Crippen LogP contribution in [-0.2, 0) is 6.42 Å². The van der Waals surface area contributed by atoms with Gasteiger partial charge in [0.2, 0.25) is 0 Å². The van der Waals surface area contributed by atoms with Crippen LogP contribution in [0.4, 0.5) is 0 Å². The number of H-pyrrole nitrogens is 1. The number of hydrogen-bond donors (Lipinski definition) is 1. The molecule has 0 bridgehead atoms. The number of aromatic amines is 1. The summed E-state index contributed by atoms with van der Waals surface area (Å²) in [4.78, 5) is 4.90. The van der Waals surface area contributed by atoms with Crippen LogP contribution in [0.1, 0.15) is 34.9 Å². The number of nitrogens with one attached hydrogen (secondary N) is 1. The molecule has 2 nitrogen and oxygen atoms in total. The minimum absolute atomic E-state index is 0.397. The number of aryl methyl sites for hydroxylation is 2. The van der Waals surface area contributed by atoms with E-state index in [0.29, 0.717) is 6.04 Å². The maximum absolute atomic E-state index is 5.59. The summed E-state index contributed by atoms with van der Waals surface area (Å²) in [6.07, 6.45) is 3.65. The van der Waals surface area contributed by atoms with Gasteiger partial charge in [0.1, 0.15) is 0 Å². The third kappa shape index (κ3) is 1.79. The number of benzene rings is 1. The average Bonchev–Trinajstić information content (AvgIpc) is 3.01. The lowest BCUT2D eigenvalue weighted by molar-refractivity contribution is 0.500. The van der Waals surface area contributed by atoms with Gasteiger partial charge in [-0.15, -0.1) is 11.3 Å². The number of imidazole rings is 1. The highest BCUT2D eigenvalue weighted by molar-refractivity contribution is 7.71. The van der Waals surface area contributed by atoms with Crippen molar-refractivity contribution in [2.24, 2.45) is 0 Å². The number of rotatable bonds is 1. The summed E-state index contributed by atoms with van der Waals surface area (Å²) in [7, 11) is 0. The molecule has 0 amide bonds. The molecule has 20 heavy (non-hydrogen) atoms. The van der Waals surface area contributed by atoms with Gasteiger partial charge in [-0.2, -0.15) is 0 Å². The molecular weight excluding hydrogens is 284 g/mol. The molecule has 102 valence electrons. The van der Waals surface area contributed by atoms with E-state index in [1.54, 1.807) is 0 Å². The van der Waals surface area contributed by atoms with E-state index in [2.05, 4.69) is 46.1 Å². The van der Waals surface area contributed by atoms with Gasteiger partial charge in [-0.3, -0.25) is 0 Å². The van der Waals surface area contributed by atoms with Crippen LogP contribution >= 0.6 is 23.6 Å². The van der Waals surface area contributed by atoms with Gasteiger partial charge in [0.25, 0.3) is 0 Å². The molecule has 0 saturated heterocycles. The topological polar surface area (TPSA) is 20.7 Å². The maximum atomic E-state index is 5.59. The number of fused-ring (bicyclic) bond motifs is 2. The summed E-state index contributed by atoms with van der Waals surface area (Å²) in [5, 5.41) is 2.21. The highest BCUT2D eigenvalue weighted by Gasteiger charge is 2.24.